The van der Waals surface area contributed by atoms with Gasteiger partial charge < -0.3 is 19.5 Å². The molecule has 1 amide bonds. The maximum Gasteiger partial charge on any atom is 0.311 e. The number of esters is 2. The number of methoxy groups -OCH3 is 1. The number of rotatable bonds is 13. The van der Waals surface area contributed by atoms with Crippen molar-refractivity contribution in [2.24, 2.45) is 11.3 Å². The van der Waals surface area contributed by atoms with Crippen LogP contribution in [0.15, 0.2) is 47.3 Å². The number of carbonyl (C=O) groups excluding carboxylic acids is 3. The van der Waals surface area contributed by atoms with E-state index in [4.69, 9.17) is 14.2 Å². The van der Waals surface area contributed by atoms with Gasteiger partial charge in [0.15, 0.2) is 0 Å². The first-order valence-electron chi connectivity index (χ1n) is 13.8. The molecule has 0 aliphatic heterocycles. The SMILES string of the molecule is C/C=C\C/C=C(/C)COC(=O)CC1(C(=O)NCC(CC2=CC=C(OC)CC2)C(=O)OC(C)(C)C)CCCC1. The van der Waals surface area contributed by atoms with E-state index in [1.807, 2.05) is 65.0 Å². The fourth-order valence-corrected chi connectivity index (χ4v) is 4.87. The van der Waals surface area contributed by atoms with Gasteiger partial charge in [-0.05, 0) is 78.4 Å². The zero-order chi connectivity index (χ0) is 28.2. The first-order valence-corrected chi connectivity index (χ1v) is 13.8. The summed E-state index contributed by atoms with van der Waals surface area (Å²) in [6, 6.07) is 0. The molecule has 1 unspecified atom stereocenters. The number of amides is 1. The molecule has 0 radical (unpaired) electrons. The molecule has 212 valence electrons. The van der Waals surface area contributed by atoms with Crippen LogP contribution in [0.1, 0.15) is 92.4 Å². The summed E-state index contributed by atoms with van der Waals surface area (Å²) in [6.07, 6.45) is 15.9. The number of hydrogen-bond acceptors (Lipinski definition) is 6. The minimum Gasteiger partial charge on any atom is -0.501 e. The first kappa shape index (κ1) is 31.4. The molecular weight excluding hydrogens is 482 g/mol. The molecule has 7 nitrogen and oxygen atoms in total. The molecule has 0 aromatic heterocycles. The predicted molar refractivity (Wildman–Crippen MR) is 149 cm³/mol. The van der Waals surface area contributed by atoms with Gasteiger partial charge in [0, 0.05) is 13.0 Å². The van der Waals surface area contributed by atoms with Crippen molar-refractivity contribution >= 4 is 17.8 Å². The van der Waals surface area contributed by atoms with Crippen LogP contribution in [-0.4, -0.2) is 43.7 Å². The van der Waals surface area contributed by atoms with Crippen molar-refractivity contribution in [1.29, 1.82) is 0 Å². The van der Waals surface area contributed by atoms with Crippen molar-refractivity contribution in [3.63, 3.8) is 0 Å². The lowest BCUT2D eigenvalue weighted by Crippen LogP contribution is -2.44. The third-order valence-corrected chi connectivity index (χ3v) is 7.04. The minimum absolute atomic E-state index is 0.0494. The molecule has 1 N–H and O–H groups in total. The van der Waals surface area contributed by atoms with Crippen molar-refractivity contribution < 1.29 is 28.6 Å². The third kappa shape index (κ3) is 10.5. The molecule has 0 bridgehead atoms. The smallest absolute Gasteiger partial charge is 0.311 e. The van der Waals surface area contributed by atoms with Crippen molar-refractivity contribution in [2.75, 3.05) is 20.3 Å². The van der Waals surface area contributed by atoms with Crippen molar-refractivity contribution in [2.45, 2.75) is 98.0 Å². The molecule has 0 aromatic rings. The van der Waals surface area contributed by atoms with Crippen LogP contribution in [0.3, 0.4) is 0 Å². The zero-order valence-corrected chi connectivity index (χ0v) is 24.2. The van der Waals surface area contributed by atoms with Gasteiger partial charge >= 0.3 is 11.9 Å². The van der Waals surface area contributed by atoms with Gasteiger partial charge in [0.25, 0.3) is 0 Å². The Morgan fingerprint density at radius 3 is 2.42 bits per heavy atom. The number of ether oxygens (including phenoxy) is 3. The first-order chi connectivity index (χ1) is 18.0. The molecule has 0 heterocycles. The van der Waals surface area contributed by atoms with Crippen LogP contribution in [0.2, 0.25) is 0 Å². The maximum absolute atomic E-state index is 13.5. The highest BCUT2D eigenvalue weighted by Crippen LogP contribution is 2.42. The average molecular weight is 530 g/mol. The largest absolute Gasteiger partial charge is 0.501 e. The quantitative estimate of drug-likeness (QED) is 0.229. The van der Waals surface area contributed by atoms with Gasteiger partial charge in [0.2, 0.25) is 5.91 Å². The molecule has 2 aliphatic rings. The zero-order valence-electron chi connectivity index (χ0n) is 24.2. The fraction of sp³-hybridized carbons (Fsp3) is 0.645. The highest BCUT2D eigenvalue weighted by atomic mass is 16.6. The Morgan fingerprint density at radius 2 is 1.84 bits per heavy atom. The molecule has 1 atom stereocenters. The van der Waals surface area contributed by atoms with Crippen LogP contribution in [0.25, 0.3) is 0 Å². The predicted octanol–water partition coefficient (Wildman–Crippen LogP) is 6.11. The van der Waals surface area contributed by atoms with E-state index in [0.717, 1.165) is 49.0 Å². The number of carbonyl (C=O) groups is 3. The molecule has 1 fully saturated rings. The summed E-state index contributed by atoms with van der Waals surface area (Å²) in [6.45, 7) is 9.80. The molecule has 7 heteroatoms. The van der Waals surface area contributed by atoms with E-state index in [9.17, 15) is 14.4 Å². The van der Waals surface area contributed by atoms with Gasteiger partial charge in [-0.25, -0.2) is 0 Å². The van der Waals surface area contributed by atoms with Gasteiger partial charge in [0.1, 0.15) is 12.2 Å². The topological polar surface area (TPSA) is 90.9 Å². The second-order valence-electron chi connectivity index (χ2n) is 11.5. The molecule has 0 aromatic carbocycles. The van der Waals surface area contributed by atoms with Crippen LogP contribution in [0, 0.1) is 11.3 Å². The Bertz CT molecular complexity index is 944. The van der Waals surface area contributed by atoms with E-state index in [-0.39, 0.29) is 37.4 Å². The van der Waals surface area contributed by atoms with Gasteiger partial charge in [-0.15, -0.1) is 0 Å². The summed E-state index contributed by atoms with van der Waals surface area (Å²) in [5.74, 6) is -0.482. The molecule has 0 saturated heterocycles. The average Bonchev–Trinajstić information content (AvgIpc) is 3.34. The Hall–Kier alpha value is -2.83. The molecule has 1 saturated carbocycles. The minimum atomic E-state index is -0.793. The monoisotopic (exact) mass is 529 g/mol. The van der Waals surface area contributed by atoms with Crippen LogP contribution in [-0.2, 0) is 28.6 Å². The third-order valence-electron chi connectivity index (χ3n) is 7.04. The summed E-state index contributed by atoms with van der Waals surface area (Å²) < 4.78 is 16.5. The molecule has 0 spiro atoms. The summed E-state index contributed by atoms with van der Waals surface area (Å²) in [5, 5.41) is 3.01. The Kier molecular flexibility index (Phi) is 12.3. The molecule has 2 aliphatic carbocycles. The van der Waals surface area contributed by atoms with Gasteiger partial charge in [-0.3, -0.25) is 14.4 Å². The highest BCUT2D eigenvalue weighted by molar-refractivity contribution is 5.88. The van der Waals surface area contributed by atoms with E-state index < -0.39 is 16.9 Å². The van der Waals surface area contributed by atoms with Crippen LogP contribution >= 0.6 is 0 Å². The van der Waals surface area contributed by atoms with Crippen molar-refractivity contribution in [3.05, 3.63) is 47.3 Å². The van der Waals surface area contributed by atoms with E-state index >= 15 is 0 Å². The number of nitrogens with one attached hydrogen (secondary N) is 1. The van der Waals surface area contributed by atoms with Crippen LogP contribution < -0.4 is 5.32 Å². The van der Waals surface area contributed by atoms with Crippen LogP contribution in [0.4, 0.5) is 0 Å². The number of allylic oxidation sites excluding steroid dienone is 7. The summed E-state index contributed by atoms with van der Waals surface area (Å²) in [5.41, 5.74) is 0.677. The summed E-state index contributed by atoms with van der Waals surface area (Å²) in [4.78, 5) is 39.3. The lowest BCUT2D eigenvalue weighted by molar-refractivity contribution is -0.160. The maximum atomic E-state index is 13.5. The normalized spacial score (nSPS) is 18.4. The highest BCUT2D eigenvalue weighted by Gasteiger charge is 2.43. The van der Waals surface area contributed by atoms with E-state index in [2.05, 4.69) is 5.32 Å². The standard InChI is InChI=1S/C31H47NO6/c1-7-8-9-12-23(2)22-37-27(33)20-31(17-10-11-18-31)29(35)32-21-25(28(34)38-30(3,4)5)19-24-13-15-26(36-6)16-14-24/h7-8,12-13,15,25H,9-11,14,16-22H2,1-6H3,(H,32,35)/b8-7-,23-12-. The van der Waals surface area contributed by atoms with Crippen molar-refractivity contribution in [1.82, 2.24) is 5.32 Å². The fourth-order valence-electron chi connectivity index (χ4n) is 4.87. The van der Waals surface area contributed by atoms with E-state index in [0.29, 0.717) is 19.3 Å². The Balaban J connectivity index is 2.05. The van der Waals surface area contributed by atoms with E-state index in [1.54, 1.807) is 7.11 Å². The Morgan fingerprint density at radius 1 is 1.13 bits per heavy atom. The molecule has 2 rings (SSSR count). The van der Waals surface area contributed by atoms with Crippen molar-refractivity contribution in [3.8, 4) is 0 Å². The lowest BCUT2D eigenvalue weighted by Gasteiger charge is -2.29. The summed E-state index contributed by atoms with van der Waals surface area (Å²) in [7, 11) is 1.65. The van der Waals surface area contributed by atoms with Gasteiger partial charge in [-0.1, -0.05) is 42.7 Å². The summed E-state index contributed by atoms with van der Waals surface area (Å²) >= 11 is 0. The Labute approximate surface area is 228 Å². The van der Waals surface area contributed by atoms with Crippen LogP contribution in [0.5, 0.6) is 0 Å². The molecular formula is C31H47NO6. The second kappa shape index (κ2) is 14.9. The lowest BCUT2D eigenvalue weighted by atomic mass is 9.81. The second-order valence-corrected chi connectivity index (χ2v) is 11.5. The molecule has 38 heavy (non-hydrogen) atoms. The van der Waals surface area contributed by atoms with Gasteiger partial charge in [0.05, 0.1) is 30.6 Å². The van der Waals surface area contributed by atoms with Gasteiger partial charge in [-0.2, -0.15) is 0 Å². The van der Waals surface area contributed by atoms with E-state index in [1.165, 1.54) is 0 Å². The number of hydrogen-bond donors (Lipinski definition) is 1.